The van der Waals surface area contributed by atoms with Gasteiger partial charge >= 0.3 is 0 Å². The van der Waals surface area contributed by atoms with Crippen LogP contribution in [0.5, 0.6) is 0 Å². The molecule has 0 spiro atoms. The Labute approximate surface area is 132 Å². The zero-order valence-electron chi connectivity index (χ0n) is 13.3. The van der Waals surface area contributed by atoms with Crippen LogP contribution in [0.3, 0.4) is 0 Å². The van der Waals surface area contributed by atoms with E-state index < -0.39 is 0 Å². The molecule has 1 heterocycles. The average Bonchev–Trinajstić information content (AvgIpc) is 2.44. The van der Waals surface area contributed by atoms with Crippen LogP contribution >= 0.6 is 11.6 Å². The molecule has 0 atom stereocenters. The molecule has 1 aromatic heterocycles. The normalized spacial score (nSPS) is 11.0. The van der Waals surface area contributed by atoms with Crippen molar-refractivity contribution in [1.82, 2.24) is 9.97 Å². The lowest BCUT2D eigenvalue weighted by molar-refractivity contribution is 0.765. The van der Waals surface area contributed by atoms with Gasteiger partial charge in [0.1, 0.15) is 16.8 Å². The van der Waals surface area contributed by atoms with Crippen LogP contribution in [-0.2, 0) is 0 Å². The molecule has 112 valence electrons. The molecule has 4 heteroatoms. The molecule has 0 unspecified atom stereocenters. The number of anilines is 2. The maximum Gasteiger partial charge on any atom is 0.141 e. The molecule has 0 fully saturated rings. The van der Waals surface area contributed by atoms with Gasteiger partial charge < -0.3 is 4.90 Å². The molecule has 1 aromatic carbocycles. The number of hydrogen-bond acceptors (Lipinski definition) is 3. The first kappa shape index (κ1) is 15.8. The van der Waals surface area contributed by atoms with E-state index in [1.807, 2.05) is 6.92 Å². The zero-order valence-corrected chi connectivity index (χ0v) is 14.1. The summed E-state index contributed by atoms with van der Waals surface area (Å²) >= 11 is 6.31. The van der Waals surface area contributed by atoms with Crippen molar-refractivity contribution in [1.29, 1.82) is 0 Å². The summed E-state index contributed by atoms with van der Waals surface area (Å²) in [6.07, 6.45) is 0. The number of nitrogens with zero attached hydrogens (tertiary/aromatic N) is 3. The fraction of sp³-hybridized carbons (Fsp3) is 0.412. The molecule has 0 bridgehead atoms. The first-order chi connectivity index (χ1) is 9.93. The minimum absolute atomic E-state index is 0.248. The highest BCUT2D eigenvalue weighted by Gasteiger charge is 2.17. The third kappa shape index (κ3) is 3.35. The highest BCUT2D eigenvalue weighted by Crippen LogP contribution is 2.31. The summed E-state index contributed by atoms with van der Waals surface area (Å²) in [6, 6.07) is 8.42. The van der Waals surface area contributed by atoms with Crippen molar-refractivity contribution >= 4 is 23.1 Å². The minimum Gasteiger partial charge on any atom is -0.326 e. The monoisotopic (exact) mass is 303 g/mol. The molecule has 0 radical (unpaired) electrons. The van der Waals surface area contributed by atoms with Crippen LogP contribution in [0, 0.1) is 13.8 Å². The SMILES string of the molecule is CCN(c1cccc(C)c1)c1nc(C(C)C)nc(Cl)c1C. The summed E-state index contributed by atoms with van der Waals surface area (Å²) in [5.74, 6) is 1.93. The van der Waals surface area contributed by atoms with Crippen molar-refractivity contribution in [3.8, 4) is 0 Å². The molecule has 0 aliphatic heterocycles. The Balaban J connectivity index is 2.56. The summed E-state index contributed by atoms with van der Waals surface area (Å²) in [6.45, 7) is 11.2. The molecular weight excluding hydrogens is 282 g/mol. The molecule has 0 saturated carbocycles. The van der Waals surface area contributed by atoms with Crippen molar-refractivity contribution in [2.24, 2.45) is 0 Å². The van der Waals surface area contributed by atoms with Crippen LogP contribution in [0.25, 0.3) is 0 Å². The summed E-state index contributed by atoms with van der Waals surface area (Å²) in [5, 5.41) is 0.537. The second-order valence-electron chi connectivity index (χ2n) is 5.56. The van der Waals surface area contributed by atoms with Gasteiger partial charge in [-0.05, 0) is 38.5 Å². The number of halogens is 1. The minimum atomic E-state index is 0.248. The topological polar surface area (TPSA) is 29.0 Å². The van der Waals surface area contributed by atoms with Crippen molar-refractivity contribution < 1.29 is 0 Å². The Morgan fingerprint density at radius 1 is 1.19 bits per heavy atom. The van der Waals surface area contributed by atoms with Crippen molar-refractivity contribution in [3.63, 3.8) is 0 Å². The quantitative estimate of drug-likeness (QED) is 0.742. The van der Waals surface area contributed by atoms with E-state index in [-0.39, 0.29) is 5.92 Å². The number of aryl methyl sites for hydroxylation is 1. The molecule has 2 rings (SSSR count). The lowest BCUT2D eigenvalue weighted by atomic mass is 10.1. The van der Waals surface area contributed by atoms with Crippen molar-refractivity contribution in [2.45, 2.75) is 40.5 Å². The van der Waals surface area contributed by atoms with Gasteiger partial charge in [0, 0.05) is 23.7 Å². The largest absolute Gasteiger partial charge is 0.326 e. The lowest BCUT2D eigenvalue weighted by Crippen LogP contribution is -2.20. The Morgan fingerprint density at radius 2 is 1.90 bits per heavy atom. The fourth-order valence-corrected chi connectivity index (χ4v) is 2.44. The molecule has 0 N–H and O–H groups in total. The molecule has 0 aliphatic carbocycles. The standard InChI is InChI=1S/C17H22ClN3/c1-6-21(14-9-7-8-12(4)10-14)17-13(5)15(18)19-16(20-17)11(2)3/h7-11H,6H2,1-5H3. The highest BCUT2D eigenvalue weighted by molar-refractivity contribution is 6.30. The predicted octanol–water partition coefficient (Wildman–Crippen LogP) is 5.03. The molecule has 21 heavy (non-hydrogen) atoms. The second-order valence-corrected chi connectivity index (χ2v) is 5.92. The van der Waals surface area contributed by atoms with Crippen LogP contribution in [-0.4, -0.2) is 16.5 Å². The van der Waals surface area contributed by atoms with Gasteiger partial charge in [-0.1, -0.05) is 37.6 Å². The first-order valence-electron chi connectivity index (χ1n) is 7.32. The average molecular weight is 304 g/mol. The van der Waals surface area contributed by atoms with Crippen molar-refractivity contribution in [3.05, 3.63) is 46.4 Å². The van der Waals surface area contributed by atoms with Gasteiger partial charge in [-0.3, -0.25) is 0 Å². The van der Waals surface area contributed by atoms with E-state index >= 15 is 0 Å². The van der Waals surface area contributed by atoms with Gasteiger partial charge in [-0.2, -0.15) is 0 Å². The van der Waals surface area contributed by atoms with Crippen LogP contribution in [0.1, 0.15) is 43.6 Å². The maximum absolute atomic E-state index is 6.31. The van der Waals surface area contributed by atoms with Crippen molar-refractivity contribution in [2.75, 3.05) is 11.4 Å². The van der Waals surface area contributed by atoms with Gasteiger partial charge in [0.2, 0.25) is 0 Å². The molecule has 0 aliphatic rings. The molecule has 0 amide bonds. The smallest absolute Gasteiger partial charge is 0.141 e. The predicted molar refractivity (Wildman–Crippen MR) is 89.7 cm³/mol. The molecular formula is C17H22ClN3. The van der Waals surface area contributed by atoms with E-state index in [9.17, 15) is 0 Å². The Morgan fingerprint density at radius 3 is 2.48 bits per heavy atom. The molecule has 3 nitrogen and oxygen atoms in total. The number of hydrogen-bond donors (Lipinski definition) is 0. The van der Waals surface area contributed by atoms with Gasteiger partial charge in [-0.15, -0.1) is 0 Å². The second kappa shape index (κ2) is 6.44. The van der Waals surface area contributed by atoms with E-state index in [0.717, 1.165) is 29.4 Å². The van der Waals surface area contributed by atoms with Crippen LogP contribution in [0.4, 0.5) is 11.5 Å². The number of rotatable bonds is 4. The fourth-order valence-electron chi connectivity index (χ4n) is 2.27. The van der Waals surface area contributed by atoms with Gasteiger partial charge in [0.15, 0.2) is 0 Å². The van der Waals surface area contributed by atoms with E-state index in [1.165, 1.54) is 5.56 Å². The zero-order chi connectivity index (χ0) is 15.6. The number of aromatic nitrogens is 2. The third-order valence-corrected chi connectivity index (χ3v) is 3.85. The summed E-state index contributed by atoms with van der Waals surface area (Å²) < 4.78 is 0. The highest BCUT2D eigenvalue weighted by atomic mass is 35.5. The van der Waals surface area contributed by atoms with E-state index in [2.05, 4.69) is 61.8 Å². The van der Waals surface area contributed by atoms with E-state index in [1.54, 1.807) is 0 Å². The van der Waals surface area contributed by atoms with Gasteiger partial charge in [0.25, 0.3) is 0 Å². The maximum atomic E-state index is 6.31. The summed E-state index contributed by atoms with van der Waals surface area (Å²) in [7, 11) is 0. The Bertz CT molecular complexity index is 638. The summed E-state index contributed by atoms with van der Waals surface area (Å²) in [4.78, 5) is 11.3. The Hall–Kier alpha value is -1.61. The Kier molecular flexibility index (Phi) is 4.84. The molecule has 2 aromatic rings. The molecule has 0 saturated heterocycles. The third-order valence-electron chi connectivity index (χ3n) is 3.48. The summed E-state index contributed by atoms with van der Waals surface area (Å²) in [5.41, 5.74) is 3.28. The first-order valence-corrected chi connectivity index (χ1v) is 7.70. The van der Waals surface area contributed by atoms with Gasteiger partial charge in [0.05, 0.1) is 0 Å². The van der Waals surface area contributed by atoms with Crippen LogP contribution < -0.4 is 4.90 Å². The van der Waals surface area contributed by atoms with E-state index in [0.29, 0.717) is 5.15 Å². The number of benzene rings is 1. The van der Waals surface area contributed by atoms with E-state index in [4.69, 9.17) is 16.6 Å². The van der Waals surface area contributed by atoms with Gasteiger partial charge in [-0.25, -0.2) is 9.97 Å². The van der Waals surface area contributed by atoms with Crippen LogP contribution in [0.15, 0.2) is 24.3 Å². The lowest BCUT2D eigenvalue weighted by Gasteiger charge is -2.25. The van der Waals surface area contributed by atoms with Crippen LogP contribution in [0.2, 0.25) is 5.15 Å².